The molecule has 2 rings (SSSR count). The predicted molar refractivity (Wildman–Crippen MR) is 272 cm³/mol. The number of phenols is 2. The first kappa shape index (κ1) is 55.2. The van der Waals surface area contributed by atoms with Crippen molar-refractivity contribution in [1.29, 1.82) is 0 Å². The molecule has 0 aliphatic carbocycles. The Bertz CT molecular complexity index is 1310. The van der Waals surface area contributed by atoms with Gasteiger partial charge in [0.15, 0.2) is 0 Å². The number of unbranched alkanes of at least 4 members (excludes halogenated alkanes) is 24. The standard InChI is InChI=1S/C59H104O2/c1-7-12-16-20-24-28-32-39-52-46-54(42-34-30-26-22-18-14-9-3)58(60)56(48-52)44-50(6)38-36-41-51(37-11-5)45-57-49-53(40-33-29-25-21-17-13-8-2)47-55(59(57)61)43-35-31-27-23-19-15-10-4/h46-51,60-61H,7-45H2,1-6H3. The topological polar surface area (TPSA) is 40.5 Å². The second kappa shape index (κ2) is 37.4. The van der Waals surface area contributed by atoms with E-state index < -0.39 is 0 Å². The maximum atomic E-state index is 11.7. The molecule has 0 saturated heterocycles. The number of aryl methyl sites for hydroxylation is 4. The lowest BCUT2D eigenvalue weighted by Crippen LogP contribution is -2.08. The first-order valence-electron chi connectivity index (χ1n) is 27.5. The summed E-state index contributed by atoms with van der Waals surface area (Å²) < 4.78 is 0. The average Bonchev–Trinajstić information content (AvgIpc) is 3.25. The van der Waals surface area contributed by atoms with Gasteiger partial charge in [0.1, 0.15) is 11.5 Å². The lowest BCUT2D eigenvalue weighted by atomic mass is 9.85. The van der Waals surface area contributed by atoms with Gasteiger partial charge in [-0.05, 0) is 109 Å². The number of rotatable bonds is 42. The van der Waals surface area contributed by atoms with E-state index in [1.54, 1.807) is 0 Å². The van der Waals surface area contributed by atoms with Crippen LogP contribution in [0.1, 0.15) is 287 Å². The highest BCUT2D eigenvalue weighted by Gasteiger charge is 2.18. The molecule has 352 valence electrons. The molecule has 0 bridgehead atoms. The summed E-state index contributed by atoms with van der Waals surface area (Å²) in [7, 11) is 0. The van der Waals surface area contributed by atoms with Crippen molar-refractivity contribution >= 4 is 0 Å². The van der Waals surface area contributed by atoms with E-state index >= 15 is 0 Å². The minimum Gasteiger partial charge on any atom is -0.507 e. The van der Waals surface area contributed by atoms with Crippen LogP contribution in [0.15, 0.2) is 24.3 Å². The third kappa shape index (κ3) is 26.4. The van der Waals surface area contributed by atoms with Crippen LogP contribution < -0.4 is 0 Å². The molecule has 0 radical (unpaired) electrons. The second-order valence-electron chi connectivity index (χ2n) is 20.1. The molecule has 0 saturated carbocycles. The van der Waals surface area contributed by atoms with E-state index in [-0.39, 0.29) is 0 Å². The van der Waals surface area contributed by atoms with E-state index in [2.05, 4.69) is 65.8 Å². The number of phenolic OH excluding ortho intramolecular Hbond substituents is 2. The van der Waals surface area contributed by atoms with Crippen molar-refractivity contribution in [2.45, 2.75) is 292 Å². The van der Waals surface area contributed by atoms with Crippen LogP contribution in [0.2, 0.25) is 0 Å². The predicted octanol–water partition coefficient (Wildman–Crippen LogP) is 19.3. The molecule has 0 heterocycles. The highest BCUT2D eigenvalue weighted by molar-refractivity contribution is 5.45. The summed E-state index contributed by atoms with van der Waals surface area (Å²) in [6.07, 6.45) is 49.5. The van der Waals surface area contributed by atoms with Crippen molar-refractivity contribution in [1.82, 2.24) is 0 Å². The lowest BCUT2D eigenvalue weighted by Gasteiger charge is -2.21. The molecular weight excluding hydrogens is 741 g/mol. The SMILES string of the molecule is CCCCCCCCCc1cc(CCCCCCCCC)c(O)c(CC(C)CCCC(CCC)Cc2cc(CCCCCCCCC)cc(CCCCCCCCC)c2O)c1. The molecule has 2 heteroatoms. The molecule has 0 spiro atoms. The van der Waals surface area contributed by atoms with Crippen LogP contribution in [0.5, 0.6) is 11.5 Å². The van der Waals surface area contributed by atoms with Gasteiger partial charge < -0.3 is 10.2 Å². The Labute approximate surface area is 381 Å². The van der Waals surface area contributed by atoms with Gasteiger partial charge in [0.05, 0.1) is 0 Å². The van der Waals surface area contributed by atoms with Gasteiger partial charge >= 0.3 is 0 Å². The van der Waals surface area contributed by atoms with E-state index in [0.29, 0.717) is 23.3 Å². The molecule has 61 heavy (non-hydrogen) atoms. The number of benzene rings is 2. The van der Waals surface area contributed by atoms with Crippen LogP contribution in [0.4, 0.5) is 0 Å². The molecule has 0 aliphatic rings. The van der Waals surface area contributed by atoms with Crippen LogP contribution in [-0.4, -0.2) is 10.2 Å². The Kier molecular flexibility index (Phi) is 33.8. The highest BCUT2D eigenvalue weighted by Crippen LogP contribution is 2.34. The summed E-state index contributed by atoms with van der Waals surface area (Å²) in [5.74, 6) is 2.36. The summed E-state index contributed by atoms with van der Waals surface area (Å²) in [5, 5.41) is 23.4. The fourth-order valence-electron chi connectivity index (χ4n) is 10.1. The van der Waals surface area contributed by atoms with Crippen LogP contribution in [0.3, 0.4) is 0 Å². The van der Waals surface area contributed by atoms with Crippen molar-refractivity contribution in [2.24, 2.45) is 11.8 Å². The van der Waals surface area contributed by atoms with Gasteiger partial charge in [0, 0.05) is 0 Å². The van der Waals surface area contributed by atoms with Gasteiger partial charge in [-0.3, -0.25) is 0 Å². The quantitative estimate of drug-likeness (QED) is 0.0654. The van der Waals surface area contributed by atoms with Gasteiger partial charge in [0.25, 0.3) is 0 Å². The fraction of sp³-hybridized carbons (Fsp3) is 0.797. The smallest absolute Gasteiger partial charge is 0.121 e. The zero-order valence-corrected chi connectivity index (χ0v) is 41.9. The molecule has 2 aromatic rings. The van der Waals surface area contributed by atoms with Crippen molar-refractivity contribution in [2.75, 3.05) is 0 Å². The van der Waals surface area contributed by atoms with Gasteiger partial charge in [-0.1, -0.05) is 252 Å². The minimum atomic E-state index is 0.542. The summed E-state index contributed by atoms with van der Waals surface area (Å²) in [5.41, 5.74) is 7.76. The van der Waals surface area contributed by atoms with Crippen LogP contribution in [0, 0.1) is 11.8 Å². The van der Waals surface area contributed by atoms with E-state index in [9.17, 15) is 10.2 Å². The average molecular weight is 845 g/mol. The Morgan fingerprint density at radius 1 is 0.328 bits per heavy atom. The number of hydrogen-bond donors (Lipinski definition) is 2. The normalized spacial score (nSPS) is 12.7. The lowest BCUT2D eigenvalue weighted by molar-refractivity contribution is 0.384. The van der Waals surface area contributed by atoms with E-state index in [0.717, 1.165) is 38.5 Å². The van der Waals surface area contributed by atoms with Crippen LogP contribution >= 0.6 is 0 Å². The van der Waals surface area contributed by atoms with Crippen molar-refractivity contribution < 1.29 is 10.2 Å². The van der Waals surface area contributed by atoms with Crippen LogP contribution in [-0.2, 0) is 38.5 Å². The molecular formula is C59H104O2. The largest absolute Gasteiger partial charge is 0.507 e. The van der Waals surface area contributed by atoms with E-state index in [4.69, 9.17) is 0 Å². The van der Waals surface area contributed by atoms with Crippen LogP contribution in [0.25, 0.3) is 0 Å². The Hall–Kier alpha value is -1.96. The number of aromatic hydroxyl groups is 2. The van der Waals surface area contributed by atoms with E-state index in [1.165, 1.54) is 245 Å². The fourth-order valence-corrected chi connectivity index (χ4v) is 10.1. The van der Waals surface area contributed by atoms with Gasteiger partial charge in [-0.2, -0.15) is 0 Å². The Morgan fingerprint density at radius 2 is 0.656 bits per heavy atom. The first-order chi connectivity index (χ1) is 29.9. The zero-order valence-electron chi connectivity index (χ0n) is 41.9. The minimum absolute atomic E-state index is 0.542. The number of hydrogen-bond acceptors (Lipinski definition) is 2. The van der Waals surface area contributed by atoms with Crippen molar-refractivity contribution in [3.05, 3.63) is 57.6 Å². The molecule has 0 aromatic heterocycles. The Balaban J connectivity index is 2.08. The summed E-state index contributed by atoms with van der Waals surface area (Å²) in [6, 6.07) is 9.52. The highest BCUT2D eigenvalue weighted by atomic mass is 16.3. The van der Waals surface area contributed by atoms with Gasteiger partial charge in [-0.15, -0.1) is 0 Å². The van der Waals surface area contributed by atoms with Gasteiger partial charge in [-0.25, -0.2) is 0 Å². The molecule has 2 N–H and O–H groups in total. The monoisotopic (exact) mass is 845 g/mol. The molecule has 0 fully saturated rings. The summed E-state index contributed by atoms with van der Waals surface area (Å²) >= 11 is 0. The zero-order chi connectivity index (χ0) is 44.2. The molecule has 2 unspecified atom stereocenters. The van der Waals surface area contributed by atoms with Crippen molar-refractivity contribution in [3.63, 3.8) is 0 Å². The Morgan fingerprint density at radius 3 is 1.03 bits per heavy atom. The molecule has 2 atom stereocenters. The summed E-state index contributed by atoms with van der Waals surface area (Å²) in [6.45, 7) is 13.9. The second-order valence-corrected chi connectivity index (χ2v) is 20.1. The molecule has 0 aliphatic heterocycles. The van der Waals surface area contributed by atoms with Crippen molar-refractivity contribution in [3.8, 4) is 11.5 Å². The van der Waals surface area contributed by atoms with E-state index in [1.807, 2.05) is 0 Å². The van der Waals surface area contributed by atoms with Gasteiger partial charge in [0.2, 0.25) is 0 Å². The molecule has 2 aromatic carbocycles. The third-order valence-electron chi connectivity index (χ3n) is 14.0. The maximum absolute atomic E-state index is 11.7. The molecule has 2 nitrogen and oxygen atoms in total. The maximum Gasteiger partial charge on any atom is 0.121 e. The summed E-state index contributed by atoms with van der Waals surface area (Å²) in [4.78, 5) is 0. The first-order valence-corrected chi connectivity index (χ1v) is 27.5. The molecule has 0 amide bonds. The third-order valence-corrected chi connectivity index (χ3v) is 14.0.